The minimum atomic E-state index is 0.153. The van der Waals surface area contributed by atoms with E-state index in [4.69, 9.17) is 0 Å². The molecule has 0 aliphatic heterocycles. The minimum Gasteiger partial charge on any atom is -0.396 e. The van der Waals surface area contributed by atoms with Gasteiger partial charge in [-0.2, -0.15) is 0 Å². The number of rotatable bonds is 3. The molecule has 2 bridgehead atoms. The molecule has 0 heterocycles. The average molecular weight is 192 g/mol. The normalized spacial score (nSPS) is 41.4. The zero-order valence-corrected chi connectivity index (χ0v) is 8.84. The summed E-state index contributed by atoms with van der Waals surface area (Å²) in [6.07, 6.45) is 7.77. The molecule has 0 spiro atoms. The monoisotopic (exact) mass is 192 g/mol. The van der Waals surface area contributed by atoms with Crippen LogP contribution in [0.15, 0.2) is 24.8 Å². The van der Waals surface area contributed by atoms with Gasteiger partial charge in [-0.1, -0.05) is 18.2 Å². The van der Waals surface area contributed by atoms with Crippen LogP contribution in [-0.2, 0) is 0 Å². The van der Waals surface area contributed by atoms with Crippen LogP contribution >= 0.6 is 0 Å². The van der Waals surface area contributed by atoms with Gasteiger partial charge >= 0.3 is 0 Å². The van der Waals surface area contributed by atoms with E-state index in [0.717, 1.165) is 18.8 Å². The first-order chi connectivity index (χ1) is 6.72. The van der Waals surface area contributed by atoms with Crippen molar-refractivity contribution in [2.75, 3.05) is 6.61 Å². The Labute approximate surface area is 86.5 Å². The molecule has 3 fully saturated rings. The van der Waals surface area contributed by atoms with Crippen LogP contribution in [0.4, 0.5) is 0 Å². The highest BCUT2D eigenvalue weighted by Crippen LogP contribution is 2.56. The SMILES string of the molecule is C=CC[C@@H]1C[C@@H]2CC[C@@]1(CO)CC2=C. The topological polar surface area (TPSA) is 20.2 Å². The van der Waals surface area contributed by atoms with Crippen molar-refractivity contribution in [3.63, 3.8) is 0 Å². The fourth-order valence-corrected chi connectivity index (χ4v) is 3.39. The first kappa shape index (κ1) is 9.97. The van der Waals surface area contributed by atoms with Gasteiger partial charge in [-0.3, -0.25) is 0 Å². The zero-order chi connectivity index (χ0) is 10.2. The number of fused-ring (bicyclic) bond motifs is 3. The largest absolute Gasteiger partial charge is 0.396 e. The fourth-order valence-electron chi connectivity index (χ4n) is 3.39. The lowest BCUT2D eigenvalue weighted by atomic mass is 9.53. The smallest absolute Gasteiger partial charge is 0.0493 e. The Balaban J connectivity index is 2.21. The van der Waals surface area contributed by atoms with Crippen LogP contribution in [0, 0.1) is 17.3 Å². The average Bonchev–Trinajstić information content (AvgIpc) is 2.20. The summed E-state index contributed by atoms with van der Waals surface area (Å²) in [6.45, 7) is 8.30. The molecular formula is C13H20O. The zero-order valence-electron chi connectivity index (χ0n) is 8.84. The van der Waals surface area contributed by atoms with Crippen molar-refractivity contribution in [2.24, 2.45) is 17.3 Å². The van der Waals surface area contributed by atoms with E-state index in [9.17, 15) is 5.11 Å². The van der Waals surface area contributed by atoms with E-state index in [0.29, 0.717) is 12.5 Å². The maximum Gasteiger partial charge on any atom is 0.0493 e. The molecule has 0 aromatic rings. The molecule has 78 valence electrons. The van der Waals surface area contributed by atoms with Crippen molar-refractivity contribution < 1.29 is 5.11 Å². The molecule has 0 saturated heterocycles. The molecule has 1 N–H and O–H groups in total. The van der Waals surface area contributed by atoms with Gasteiger partial charge < -0.3 is 5.11 Å². The van der Waals surface area contributed by atoms with Gasteiger partial charge in [0, 0.05) is 12.0 Å². The van der Waals surface area contributed by atoms with Crippen molar-refractivity contribution in [2.45, 2.75) is 32.1 Å². The van der Waals surface area contributed by atoms with E-state index in [2.05, 4.69) is 13.2 Å². The van der Waals surface area contributed by atoms with Crippen LogP contribution in [0.5, 0.6) is 0 Å². The van der Waals surface area contributed by atoms with Gasteiger partial charge in [0.1, 0.15) is 0 Å². The molecule has 0 radical (unpaired) electrons. The lowest BCUT2D eigenvalue weighted by Gasteiger charge is -2.52. The quantitative estimate of drug-likeness (QED) is 0.682. The number of allylic oxidation sites excluding steroid dienone is 2. The van der Waals surface area contributed by atoms with Gasteiger partial charge in [0.2, 0.25) is 0 Å². The summed E-state index contributed by atoms with van der Waals surface area (Å²) in [5.41, 5.74) is 1.53. The lowest BCUT2D eigenvalue weighted by molar-refractivity contribution is -0.0173. The van der Waals surface area contributed by atoms with Crippen molar-refractivity contribution in [1.82, 2.24) is 0 Å². The second-order valence-corrected chi connectivity index (χ2v) is 5.05. The minimum absolute atomic E-state index is 0.153. The van der Waals surface area contributed by atoms with Gasteiger partial charge in [-0.05, 0) is 43.9 Å². The highest BCUT2D eigenvalue weighted by Gasteiger charge is 2.48. The maximum absolute atomic E-state index is 9.61. The van der Waals surface area contributed by atoms with Crippen LogP contribution in [0.3, 0.4) is 0 Å². The number of aliphatic hydroxyl groups excluding tert-OH is 1. The summed E-state index contributed by atoms with van der Waals surface area (Å²) in [5.74, 6) is 1.38. The molecule has 1 heteroatoms. The summed E-state index contributed by atoms with van der Waals surface area (Å²) in [4.78, 5) is 0. The molecule has 3 saturated carbocycles. The Hall–Kier alpha value is -0.560. The molecule has 0 amide bonds. The van der Waals surface area contributed by atoms with Crippen molar-refractivity contribution in [1.29, 1.82) is 0 Å². The summed E-state index contributed by atoms with van der Waals surface area (Å²) in [6, 6.07) is 0. The molecule has 0 unspecified atom stereocenters. The number of aliphatic hydroxyl groups is 1. The summed E-state index contributed by atoms with van der Waals surface area (Å²) in [7, 11) is 0. The van der Waals surface area contributed by atoms with E-state index < -0.39 is 0 Å². The first-order valence-corrected chi connectivity index (χ1v) is 5.61. The molecule has 0 aromatic heterocycles. The van der Waals surface area contributed by atoms with Gasteiger partial charge in [-0.25, -0.2) is 0 Å². The van der Waals surface area contributed by atoms with Gasteiger partial charge in [0.15, 0.2) is 0 Å². The molecule has 3 rings (SSSR count). The van der Waals surface area contributed by atoms with Crippen LogP contribution in [0.2, 0.25) is 0 Å². The molecular weight excluding hydrogens is 172 g/mol. The van der Waals surface area contributed by atoms with Crippen LogP contribution in [-0.4, -0.2) is 11.7 Å². The van der Waals surface area contributed by atoms with Crippen molar-refractivity contribution >= 4 is 0 Å². The van der Waals surface area contributed by atoms with Gasteiger partial charge in [-0.15, -0.1) is 6.58 Å². The third kappa shape index (κ3) is 1.35. The standard InChI is InChI=1S/C13H20O/c1-3-4-12-7-11-5-6-13(12,9-14)8-10(11)2/h3,11-12,14H,1-2,4-9H2/t11-,12+,13-/m0/s1. The molecule has 3 aliphatic rings. The summed E-state index contributed by atoms with van der Waals surface area (Å²) >= 11 is 0. The number of hydrogen-bond donors (Lipinski definition) is 1. The van der Waals surface area contributed by atoms with Gasteiger partial charge in [0.05, 0.1) is 0 Å². The summed E-state index contributed by atoms with van der Waals surface area (Å²) < 4.78 is 0. The van der Waals surface area contributed by atoms with Crippen molar-refractivity contribution in [3.8, 4) is 0 Å². The van der Waals surface area contributed by atoms with Crippen LogP contribution in [0.25, 0.3) is 0 Å². The predicted molar refractivity (Wildman–Crippen MR) is 58.9 cm³/mol. The predicted octanol–water partition coefficient (Wildman–Crippen LogP) is 2.92. The second kappa shape index (κ2) is 3.54. The fraction of sp³-hybridized carbons (Fsp3) is 0.692. The Morgan fingerprint density at radius 3 is 2.93 bits per heavy atom. The molecule has 1 nitrogen and oxygen atoms in total. The van der Waals surface area contributed by atoms with Gasteiger partial charge in [0.25, 0.3) is 0 Å². The van der Waals surface area contributed by atoms with E-state index in [1.54, 1.807) is 0 Å². The maximum atomic E-state index is 9.61. The van der Waals surface area contributed by atoms with E-state index >= 15 is 0 Å². The van der Waals surface area contributed by atoms with E-state index in [1.165, 1.54) is 24.8 Å². The van der Waals surface area contributed by atoms with Crippen LogP contribution in [0.1, 0.15) is 32.1 Å². The molecule has 3 atom stereocenters. The Morgan fingerprint density at radius 2 is 2.36 bits per heavy atom. The number of hydrogen-bond acceptors (Lipinski definition) is 1. The summed E-state index contributed by atoms with van der Waals surface area (Å²) in [5, 5.41) is 9.61. The first-order valence-electron chi connectivity index (χ1n) is 5.61. The van der Waals surface area contributed by atoms with Crippen LogP contribution < -0.4 is 0 Å². The second-order valence-electron chi connectivity index (χ2n) is 5.05. The Morgan fingerprint density at radius 1 is 1.57 bits per heavy atom. The van der Waals surface area contributed by atoms with Crippen molar-refractivity contribution in [3.05, 3.63) is 24.8 Å². The lowest BCUT2D eigenvalue weighted by Crippen LogP contribution is -2.45. The Kier molecular flexibility index (Phi) is 2.52. The third-order valence-electron chi connectivity index (χ3n) is 4.35. The highest BCUT2D eigenvalue weighted by molar-refractivity contribution is 5.16. The third-order valence-corrected chi connectivity index (χ3v) is 4.35. The van der Waals surface area contributed by atoms with E-state index in [1.807, 2.05) is 6.08 Å². The Bertz CT molecular complexity index is 256. The highest BCUT2D eigenvalue weighted by atomic mass is 16.3. The van der Waals surface area contributed by atoms with E-state index in [-0.39, 0.29) is 5.41 Å². The molecule has 0 aromatic carbocycles. The molecule has 14 heavy (non-hydrogen) atoms. The molecule has 3 aliphatic carbocycles.